The van der Waals surface area contributed by atoms with Crippen LogP contribution in [0, 0.1) is 0 Å². The van der Waals surface area contributed by atoms with Crippen molar-refractivity contribution in [2.24, 2.45) is 9.98 Å². The summed E-state index contributed by atoms with van der Waals surface area (Å²) in [6.45, 7) is 14.2. The Morgan fingerprint density at radius 1 is 0.690 bits per heavy atom. The van der Waals surface area contributed by atoms with E-state index in [4.69, 9.17) is 9.98 Å². The lowest BCUT2D eigenvalue weighted by Crippen LogP contribution is -2.28. The minimum absolute atomic E-state index is 0.0387. The van der Waals surface area contributed by atoms with Gasteiger partial charge in [-0.1, -0.05) is 126 Å². The molecule has 42 heavy (non-hydrogen) atoms. The molecule has 2 aliphatic heterocycles. The van der Waals surface area contributed by atoms with Crippen molar-refractivity contribution >= 4 is 59.7 Å². The second-order valence-electron chi connectivity index (χ2n) is 12.9. The Bertz CT molecular complexity index is 1880. The molecule has 0 fully saturated rings. The molecule has 2 aliphatic rings. The molecule has 0 bridgehead atoms. The van der Waals surface area contributed by atoms with Crippen LogP contribution in [0.4, 0.5) is 0 Å². The Labute approximate surface area is 252 Å². The first-order valence-electron chi connectivity index (χ1n) is 14.7. The molecule has 2 unspecified atom stereocenters. The predicted molar refractivity (Wildman–Crippen MR) is 189 cm³/mol. The van der Waals surface area contributed by atoms with Gasteiger partial charge in [0.1, 0.15) is 5.44 Å². The fourth-order valence-electron chi connectivity index (χ4n) is 6.16. The summed E-state index contributed by atoms with van der Waals surface area (Å²) in [4.78, 5) is 9.93. The molecule has 0 amide bonds. The molecule has 0 radical (unpaired) electrons. The summed E-state index contributed by atoms with van der Waals surface area (Å²) in [6.07, 6.45) is 10.0. The molecule has 2 atom stereocenters. The first kappa shape index (κ1) is 28.7. The maximum absolute atomic E-state index is 5.04. The molecule has 0 saturated heterocycles. The van der Waals surface area contributed by atoms with E-state index in [0.717, 1.165) is 18.3 Å². The molecule has 0 spiro atoms. The number of allylic oxidation sites excluding steroid dienone is 2. The van der Waals surface area contributed by atoms with E-state index in [0.29, 0.717) is 0 Å². The predicted octanol–water partition coefficient (Wildman–Crippen LogP) is 10.4. The van der Waals surface area contributed by atoms with Crippen molar-refractivity contribution in [3.63, 3.8) is 0 Å². The van der Waals surface area contributed by atoms with E-state index in [2.05, 4.69) is 132 Å². The SMILES string of the molecule is CC(C)(C)P(C1=C=C=CC=N1)c1ccc2ccccc2c1-c1c(P(C2=NC=CCC2)C(C)(C)C)ccc2ccccc12. The first-order valence-corrected chi connectivity index (χ1v) is 17.4. The molecule has 2 heterocycles. The molecular formula is C38H38N2P2. The largest absolute Gasteiger partial charge is 0.261 e. The number of rotatable bonds is 5. The van der Waals surface area contributed by atoms with Crippen molar-refractivity contribution in [2.45, 2.75) is 64.7 Å². The first-order chi connectivity index (χ1) is 20.1. The van der Waals surface area contributed by atoms with E-state index in [-0.39, 0.29) is 10.3 Å². The van der Waals surface area contributed by atoms with Gasteiger partial charge < -0.3 is 0 Å². The van der Waals surface area contributed by atoms with Gasteiger partial charge in [0.05, 0.1) is 0 Å². The third-order valence-electron chi connectivity index (χ3n) is 7.76. The second kappa shape index (κ2) is 11.4. The summed E-state index contributed by atoms with van der Waals surface area (Å²) in [7, 11) is -1.60. The van der Waals surface area contributed by atoms with Crippen LogP contribution in [0.15, 0.2) is 118 Å². The smallest absolute Gasteiger partial charge is 0.117 e. The average Bonchev–Trinajstić information content (AvgIpc) is 2.97. The van der Waals surface area contributed by atoms with Crippen LogP contribution in [0.3, 0.4) is 0 Å². The Hall–Kier alpha value is -3.36. The van der Waals surface area contributed by atoms with Gasteiger partial charge in [-0.15, -0.1) is 0 Å². The molecule has 2 nitrogen and oxygen atoms in total. The summed E-state index contributed by atoms with van der Waals surface area (Å²) in [5, 5.41) is 7.89. The van der Waals surface area contributed by atoms with Gasteiger partial charge in [0.15, 0.2) is 0 Å². The summed E-state index contributed by atoms with van der Waals surface area (Å²) in [5.41, 5.74) is 11.7. The molecule has 4 aromatic rings. The van der Waals surface area contributed by atoms with E-state index < -0.39 is 15.8 Å². The Morgan fingerprint density at radius 2 is 1.26 bits per heavy atom. The maximum atomic E-state index is 5.04. The average molecular weight is 585 g/mol. The fourth-order valence-corrected chi connectivity index (χ4v) is 11.8. The highest BCUT2D eigenvalue weighted by Gasteiger charge is 2.37. The van der Waals surface area contributed by atoms with Gasteiger partial charge in [-0.2, -0.15) is 0 Å². The lowest BCUT2D eigenvalue weighted by molar-refractivity contribution is 0.790. The molecule has 210 valence electrons. The van der Waals surface area contributed by atoms with Crippen LogP contribution < -0.4 is 10.6 Å². The standard InChI is InChI=1S/C38H38N2P2/c1-37(2,3)41(33-19-11-13-25-39-33)31-23-21-27-15-7-9-17-29(27)35(31)36-30-18-10-8-16-28(30)22-24-32(36)42(38(4,5)6)34-20-12-14-26-40-34/h7-10,13-18,21-26H,11,19H2,1-6H3. The second-order valence-corrected chi connectivity index (χ2v) is 18.8. The van der Waals surface area contributed by atoms with Crippen molar-refractivity contribution in [3.8, 4) is 11.1 Å². The highest BCUT2D eigenvalue weighted by atomic mass is 31.1. The minimum Gasteiger partial charge on any atom is -0.261 e. The number of benzene rings is 4. The molecule has 4 aromatic carbocycles. The number of aliphatic imine (C=N–C) groups is 2. The van der Waals surface area contributed by atoms with Gasteiger partial charge >= 0.3 is 0 Å². The number of nitrogens with zero attached hydrogens (tertiary/aromatic N) is 2. The lowest BCUT2D eigenvalue weighted by Gasteiger charge is -2.37. The molecule has 0 N–H and O–H groups in total. The van der Waals surface area contributed by atoms with E-state index in [1.54, 1.807) is 0 Å². The van der Waals surface area contributed by atoms with Crippen molar-refractivity contribution < 1.29 is 0 Å². The van der Waals surface area contributed by atoms with Crippen molar-refractivity contribution in [3.05, 3.63) is 108 Å². The Morgan fingerprint density at radius 3 is 1.76 bits per heavy atom. The van der Waals surface area contributed by atoms with Crippen molar-refractivity contribution in [1.29, 1.82) is 0 Å². The van der Waals surface area contributed by atoms with E-state index >= 15 is 0 Å². The van der Waals surface area contributed by atoms with Crippen molar-refractivity contribution in [2.75, 3.05) is 0 Å². The molecule has 0 saturated carbocycles. The van der Waals surface area contributed by atoms with E-state index in [1.165, 1.54) is 48.7 Å². The quantitative estimate of drug-likeness (QED) is 0.165. The summed E-state index contributed by atoms with van der Waals surface area (Å²) in [6, 6.07) is 27.2. The summed E-state index contributed by atoms with van der Waals surface area (Å²) < 4.78 is 0. The van der Waals surface area contributed by atoms with Crippen LogP contribution in [0.5, 0.6) is 0 Å². The monoisotopic (exact) mass is 584 g/mol. The number of fused-ring (bicyclic) bond motifs is 2. The highest BCUT2D eigenvalue weighted by Crippen LogP contribution is 2.59. The zero-order valence-corrected chi connectivity index (χ0v) is 27.2. The van der Waals surface area contributed by atoms with Crippen LogP contribution in [-0.4, -0.2) is 22.0 Å². The highest BCUT2D eigenvalue weighted by molar-refractivity contribution is 7.83. The Kier molecular flexibility index (Phi) is 7.79. The van der Waals surface area contributed by atoms with Gasteiger partial charge in [0.25, 0.3) is 0 Å². The van der Waals surface area contributed by atoms with Crippen LogP contribution in [0.1, 0.15) is 54.4 Å². The van der Waals surface area contributed by atoms with Gasteiger partial charge in [-0.3, -0.25) is 4.99 Å². The van der Waals surface area contributed by atoms with Gasteiger partial charge in [0, 0.05) is 23.9 Å². The normalized spacial score (nSPS) is 16.5. The third-order valence-corrected chi connectivity index (χ3v) is 13.7. The van der Waals surface area contributed by atoms with Crippen LogP contribution >= 0.6 is 15.8 Å². The molecule has 4 heteroatoms. The summed E-state index contributed by atoms with van der Waals surface area (Å²) in [5.74, 6) is 0. The van der Waals surface area contributed by atoms with Gasteiger partial charge in [-0.25, -0.2) is 4.99 Å². The molecule has 0 aliphatic carbocycles. The van der Waals surface area contributed by atoms with Crippen LogP contribution in [0.25, 0.3) is 32.7 Å². The number of hydrogen-bond acceptors (Lipinski definition) is 2. The zero-order valence-electron chi connectivity index (χ0n) is 25.4. The zero-order chi connectivity index (χ0) is 29.5. The van der Waals surface area contributed by atoms with Crippen LogP contribution in [0.2, 0.25) is 0 Å². The third kappa shape index (κ3) is 5.42. The maximum Gasteiger partial charge on any atom is 0.117 e. The summed E-state index contributed by atoms with van der Waals surface area (Å²) >= 11 is 0. The Balaban J connectivity index is 1.79. The van der Waals surface area contributed by atoms with Gasteiger partial charge in [-0.05, 0) is 88.0 Å². The minimum atomic E-state index is -0.871. The molecule has 0 aromatic heterocycles. The molecule has 6 rings (SSSR count). The lowest BCUT2D eigenvalue weighted by atomic mass is 9.93. The van der Waals surface area contributed by atoms with Crippen LogP contribution in [-0.2, 0) is 0 Å². The van der Waals surface area contributed by atoms with Gasteiger partial charge in [0.2, 0.25) is 0 Å². The number of hydrogen-bond donors (Lipinski definition) is 0. The topological polar surface area (TPSA) is 24.7 Å². The van der Waals surface area contributed by atoms with Crippen molar-refractivity contribution in [1.82, 2.24) is 0 Å². The van der Waals surface area contributed by atoms with E-state index in [1.807, 2.05) is 18.5 Å². The fraction of sp³-hybridized carbons (Fsp3) is 0.263. The van der Waals surface area contributed by atoms with E-state index in [9.17, 15) is 0 Å². The molecular weight excluding hydrogens is 546 g/mol.